The average Bonchev–Trinajstić information content (AvgIpc) is 3.18. The summed E-state index contributed by atoms with van der Waals surface area (Å²) < 4.78 is 0. The summed E-state index contributed by atoms with van der Waals surface area (Å²) in [4.78, 5) is 5.15. The van der Waals surface area contributed by atoms with E-state index in [0.29, 0.717) is 0 Å². The van der Waals surface area contributed by atoms with Crippen molar-refractivity contribution in [2.45, 2.75) is 41.4 Å². The number of fused-ring (bicyclic) bond motifs is 4. The fraction of sp³-hybridized carbons (Fsp3) is 0.400. The van der Waals surface area contributed by atoms with Crippen LogP contribution in [-0.4, -0.2) is 7.05 Å². The molecule has 2 saturated carbocycles. The van der Waals surface area contributed by atoms with Gasteiger partial charge in [-0.1, -0.05) is 36.4 Å². The van der Waals surface area contributed by atoms with Crippen LogP contribution in [0.2, 0.25) is 0 Å². The summed E-state index contributed by atoms with van der Waals surface area (Å²) in [5, 5.41) is 0. The van der Waals surface area contributed by atoms with Crippen LogP contribution in [0.1, 0.15) is 37.2 Å². The lowest BCUT2D eigenvalue weighted by atomic mass is 9.83. The van der Waals surface area contributed by atoms with E-state index in [1.165, 1.54) is 46.8 Å². The Balaban J connectivity index is 1.53. The van der Waals surface area contributed by atoms with Gasteiger partial charge in [-0.2, -0.15) is 0 Å². The van der Waals surface area contributed by atoms with Crippen LogP contribution >= 0.6 is 11.8 Å². The third kappa shape index (κ3) is 1.86. The molecule has 2 fully saturated rings. The second-order valence-electron chi connectivity index (χ2n) is 7.14. The largest absolute Gasteiger partial charge is 0.343 e. The fourth-order valence-electron chi connectivity index (χ4n) is 4.84. The first-order valence-corrected chi connectivity index (χ1v) is 9.26. The van der Waals surface area contributed by atoms with Gasteiger partial charge in [-0.3, -0.25) is 0 Å². The molecule has 0 radical (unpaired) electrons. The van der Waals surface area contributed by atoms with Gasteiger partial charge in [-0.05, 0) is 66.8 Å². The minimum absolute atomic E-state index is 0.826. The van der Waals surface area contributed by atoms with Gasteiger partial charge in [0.05, 0.1) is 11.4 Å². The Kier molecular flexibility index (Phi) is 2.85. The van der Waals surface area contributed by atoms with Gasteiger partial charge in [-0.25, -0.2) is 0 Å². The number of hydrogen-bond acceptors (Lipinski definition) is 2. The van der Waals surface area contributed by atoms with Crippen molar-refractivity contribution in [3.63, 3.8) is 0 Å². The van der Waals surface area contributed by atoms with Crippen LogP contribution < -0.4 is 4.90 Å². The summed E-state index contributed by atoms with van der Waals surface area (Å²) >= 11 is 1.94. The Morgan fingerprint density at radius 2 is 1.82 bits per heavy atom. The van der Waals surface area contributed by atoms with Gasteiger partial charge in [-0.15, -0.1) is 0 Å². The number of hydrogen-bond donors (Lipinski definition) is 0. The molecule has 0 spiro atoms. The normalized spacial score (nSPS) is 28.6. The van der Waals surface area contributed by atoms with Gasteiger partial charge in [0.15, 0.2) is 0 Å². The van der Waals surface area contributed by atoms with Crippen molar-refractivity contribution in [3.8, 4) is 0 Å². The Labute approximate surface area is 136 Å². The summed E-state index contributed by atoms with van der Waals surface area (Å²) in [5.41, 5.74) is 4.27. The molecule has 2 heteroatoms. The average molecular weight is 307 g/mol. The van der Waals surface area contributed by atoms with Gasteiger partial charge >= 0.3 is 0 Å². The Bertz CT molecular complexity index is 738. The summed E-state index contributed by atoms with van der Waals surface area (Å²) in [7, 11) is 2.19. The molecular formula is C20H21NS. The number of rotatable bonds is 1. The van der Waals surface area contributed by atoms with Gasteiger partial charge in [0.2, 0.25) is 0 Å². The summed E-state index contributed by atoms with van der Waals surface area (Å²) in [6.07, 6.45) is 5.86. The summed E-state index contributed by atoms with van der Waals surface area (Å²) in [5.74, 6) is 2.80. The van der Waals surface area contributed by atoms with E-state index in [4.69, 9.17) is 0 Å². The van der Waals surface area contributed by atoms with Gasteiger partial charge in [0.1, 0.15) is 0 Å². The third-order valence-corrected chi connectivity index (χ3v) is 7.07. The van der Waals surface area contributed by atoms with Crippen molar-refractivity contribution in [1.29, 1.82) is 0 Å². The smallest absolute Gasteiger partial charge is 0.0550 e. The van der Waals surface area contributed by atoms with Crippen molar-refractivity contribution in [2.75, 3.05) is 11.9 Å². The first-order valence-electron chi connectivity index (χ1n) is 8.44. The molecule has 5 rings (SSSR count). The van der Waals surface area contributed by atoms with E-state index in [0.717, 1.165) is 17.8 Å². The van der Waals surface area contributed by atoms with Gasteiger partial charge < -0.3 is 4.90 Å². The van der Waals surface area contributed by atoms with Crippen LogP contribution in [0.25, 0.3) is 0 Å². The van der Waals surface area contributed by atoms with Crippen LogP contribution in [0.15, 0.2) is 52.3 Å². The Morgan fingerprint density at radius 3 is 2.64 bits per heavy atom. The molecule has 0 N–H and O–H groups in total. The molecule has 2 aromatic carbocycles. The van der Waals surface area contributed by atoms with Crippen molar-refractivity contribution >= 4 is 23.1 Å². The number of benzene rings is 2. The first kappa shape index (κ1) is 13.1. The summed E-state index contributed by atoms with van der Waals surface area (Å²) in [6, 6.07) is 16.0. The van der Waals surface area contributed by atoms with E-state index in [9.17, 15) is 0 Å². The van der Waals surface area contributed by atoms with Crippen LogP contribution in [0.5, 0.6) is 0 Å². The highest BCUT2D eigenvalue weighted by molar-refractivity contribution is 7.99. The summed E-state index contributed by atoms with van der Waals surface area (Å²) in [6.45, 7) is 0. The minimum atomic E-state index is 0.826. The zero-order valence-corrected chi connectivity index (χ0v) is 13.8. The number of nitrogens with zero attached hydrogens (tertiary/aromatic N) is 1. The minimum Gasteiger partial charge on any atom is -0.343 e. The van der Waals surface area contributed by atoms with E-state index in [-0.39, 0.29) is 0 Å². The Hall–Kier alpha value is -1.41. The zero-order chi connectivity index (χ0) is 14.7. The molecule has 0 aromatic heterocycles. The molecule has 3 atom stereocenters. The second kappa shape index (κ2) is 4.79. The molecule has 112 valence electrons. The molecule has 22 heavy (non-hydrogen) atoms. The van der Waals surface area contributed by atoms with Crippen molar-refractivity contribution in [1.82, 2.24) is 0 Å². The lowest BCUT2D eigenvalue weighted by Crippen LogP contribution is -2.15. The van der Waals surface area contributed by atoms with Crippen LogP contribution in [0.4, 0.5) is 11.4 Å². The van der Waals surface area contributed by atoms with Crippen LogP contribution in [0.3, 0.4) is 0 Å². The predicted molar refractivity (Wildman–Crippen MR) is 93.3 cm³/mol. The predicted octanol–water partition coefficient (Wildman–Crippen LogP) is 5.82. The standard InChI is InChI=1S/C20H21NS/c1-21-17-4-2-3-5-19(17)22-20-12-15(8-9-18(20)21)16-11-13-6-7-14(16)10-13/h2-5,8-9,12-14,16H,6-7,10-11H2,1H3. The molecule has 1 heterocycles. The lowest BCUT2D eigenvalue weighted by Gasteiger charge is -2.31. The second-order valence-corrected chi connectivity index (χ2v) is 8.22. The van der Waals surface area contributed by atoms with E-state index in [2.05, 4.69) is 54.4 Å². The third-order valence-electron chi connectivity index (χ3n) is 5.96. The molecule has 0 amide bonds. The quantitative estimate of drug-likeness (QED) is 0.653. The molecule has 1 aliphatic heterocycles. The van der Waals surface area contributed by atoms with E-state index >= 15 is 0 Å². The van der Waals surface area contributed by atoms with Gasteiger partial charge in [0.25, 0.3) is 0 Å². The molecule has 3 aliphatic rings. The van der Waals surface area contributed by atoms with E-state index in [1.807, 2.05) is 11.8 Å². The first-order chi connectivity index (χ1) is 10.8. The molecular weight excluding hydrogens is 286 g/mol. The van der Waals surface area contributed by atoms with Crippen molar-refractivity contribution < 1.29 is 0 Å². The van der Waals surface area contributed by atoms with Crippen LogP contribution in [0, 0.1) is 11.8 Å². The monoisotopic (exact) mass is 307 g/mol. The molecule has 3 unspecified atom stereocenters. The zero-order valence-electron chi connectivity index (χ0n) is 13.0. The van der Waals surface area contributed by atoms with Crippen molar-refractivity contribution in [3.05, 3.63) is 48.0 Å². The maximum Gasteiger partial charge on any atom is 0.0550 e. The molecule has 0 saturated heterocycles. The Morgan fingerprint density at radius 1 is 0.955 bits per heavy atom. The highest BCUT2D eigenvalue weighted by Crippen LogP contribution is 2.54. The number of anilines is 2. The lowest BCUT2D eigenvalue weighted by molar-refractivity contribution is 0.419. The van der Waals surface area contributed by atoms with E-state index in [1.54, 1.807) is 5.56 Å². The molecule has 2 bridgehead atoms. The van der Waals surface area contributed by atoms with E-state index < -0.39 is 0 Å². The topological polar surface area (TPSA) is 3.24 Å². The highest BCUT2D eigenvalue weighted by atomic mass is 32.2. The molecule has 2 aliphatic carbocycles. The maximum atomic E-state index is 2.48. The fourth-order valence-corrected chi connectivity index (χ4v) is 6.04. The van der Waals surface area contributed by atoms with Gasteiger partial charge in [0, 0.05) is 16.8 Å². The maximum absolute atomic E-state index is 2.48. The molecule has 1 nitrogen and oxygen atoms in total. The highest BCUT2D eigenvalue weighted by Gasteiger charge is 2.40. The number of para-hydroxylation sites is 1. The molecule has 2 aromatic rings. The van der Waals surface area contributed by atoms with Crippen LogP contribution in [-0.2, 0) is 0 Å². The van der Waals surface area contributed by atoms with Crippen molar-refractivity contribution in [2.24, 2.45) is 11.8 Å². The SMILES string of the molecule is CN1c2ccccc2Sc2cc(C3CC4CCC3C4)ccc21.